The van der Waals surface area contributed by atoms with Crippen LogP contribution in [0.5, 0.6) is 5.75 Å². The number of carbonyl (C=O) groups is 1. The van der Waals surface area contributed by atoms with Gasteiger partial charge in [-0.25, -0.2) is 19.7 Å². The van der Waals surface area contributed by atoms with Gasteiger partial charge in [-0.2, -0.15) is 0 Å². The van der Waals surface area contributed by atoms with Crippen molar-refractivity contribution >= 4 is 40.5 Å². The van der Waals surface area contributed by atoms with Crippen molar-refractivity contribution in [1.29, 1.82) is 0 Å². The van der Waals surface area contributed by atoms with Crippen molar-refractivity contribution < 1.29 is 19.4 Å². The fraction of sp³-hybridized carbons (Fsp3) is 0.172. The maximum Gasteiger partial charge on any atom is 0.339 e. The Kier molecular flexibility index (Phi) is 6.19. The molecule has 0 radical (unpaired) electrons. The number of aromatic nitrogens is 4. The third kappa shape index (κ3) is 4.44. The number of fused-ring (bicyclic) bond motifs is 2. The highest BCUT2D eigenvalue weighted by molar-refractivity contribution is 5.92. The van der Waals surface area contributed by atoms with Crippen LogP contribution in [0.15, 0.2) is 67.0 Å². The Labute approximate surface area is 218 Å². The molecule has 9 nitrogen and oxygen atoms in total. The Bertz CT molecular complexity index is 1690. The number of hydrogen-bond donors (Lipinski definition) is 1. The smallest absolute Gasteiger partial charge is 0.339 e. The molecule has 0 saturated carbocycles. The summed E-state index contributed by atoms with van der Waals surface area (Å²) in [6.45, 7) is 2.71. The minimum Gasteiger partial charge on any atom is -0.496 e. The van der Waals surface area contributed by atoms with Crippen molar-refractivity contribution in [3.63, 3.8) is 0 Å². The summed E-state index contributed by atoms with van der Waals surface area (Å²) < 4.78 is 12.9. The molecule has 38 heavy (non-hydrogen) atoms. The lowest BCUT2D eigenvalue weighted by Crippen LogP contribution is -2.37. The van der Waals surface area contributed by atoms with Crippen molar-refractivity contribution in [2.45, 2.75) is 0 Å². The third-order valence-corrected chi connectivity index (χ3v) is 6.58. The number of ether oxygens (including phenoxy) is 2. The number of nitrogens with zero attached hydrogens (tertiary/aromatic N) is 5. The number of pyridine rings is 1. The van der Waals surface area contributed by atoms with Crippen LogP contribution in [0.3, 0.4) is 0 Å². The molecule has 2 aromatic carbocycles. The van der Waals surface area contributed by atoms with E-state index in [1.807, 2.05) is 53.1 Å². The summed E-state index contributed by atoms with van der Waals surface area (Å²) in [4.78, 5) is 28.2. The van der Waals surface area contributed by atoms with Crippen LogP contribution in [0.2, 0.25) is 0 Å². The van der Waals surface area contributed by atoms with Crippen LogP contribution in [0.1, 0.15) is 21.7 Å². The first-order valence-corrected chi connectivity index (χ1v) is 12.3. The maximum atomic E-state index is 11.6. The van der Waals surface area contributed by atoms with Gasteiger partial charge in [-0.1, -0.05) is 30.3 Å². The zero-order valence-corrected chi connectivity index (χ0v) is 20.7. The molecule has 0 unspecified atom stereocenters. The van der Waals surface area contributed by atoms with Crippen molar-refractivity contribution in [1.82, 2.24) is 19.4 Å². The molecule has 9 heteroatoms. The number of morpholine rings is 1. The molecule has 5 aromatic rings. The molecule has 0 bridgehead atoms. The lowest BCUT2D eigenvalue weighted by Gasteiger charge is -2.28. The van der Waals surface area contributed by atoms with Crippen molar-refractivity contribution in [3.8, 4) is 17.0 Å². The van der Waals surface area contributed by atoms with Gasteiger partial charge in [-0.15, -0.1) is 0 Å². The summed E-state index contributed by atoms with van der Waals surface area (Å²) in [6.07, 6.45) is 7.62. The van der Waals surface area contributed by atoms with Crippen LogP contribution < -0.4 is 9.64 Å². The highest BCUT2D eigenvalue weighted by atomic mass is 16.5. The third-order valence-electron chi connectivity index (χ3n) is 6.58. The average molecular weight is 508 g/mol. The number of rotatable bonds is 6. The first-order chi connectivity index (χ1) is 18.6. The average Bonchev–Trinajstić information content (AvgIpc) is 3.40. The summed E-state index contributed by atoms with van der Waals surface area (Å²) in [7, 11) is 1.46. The summed E-state index contributed by atoms with van der Waals surface area (Å²) in [6, 6.07) is 17.1. The Balaban J connectivity index is 1.44. The highest BCUT2D eigenvalue weighted by Gasteiger charge is 2.20. The molecule has 1 saturated heterocycles. The number of aromatic carboxylic acids is 1. The van der Waals surface area contributed by atoms with E-state index in [2.05, 4.69) is 11.0 Å². The van der Waals surface area contributed by atoms with E-state index in [4.69, 9.17) is 24.4 Å². The molecule has 3 aromatic heterocycles. The fourth-order valence-corrected chi connectivity index (χ4v) is 4.65. The molecule has 4 heterocycles. The number of anilines is 1. The largest absolute Gasteiger partial charge is 0.496 e. The van der Waals surface area contributed by atoms with E-state index in [1.165, 1.54) is 7.11 Å². The number of hydrogen-bond acceptors (Lipinski definition) is 7. The lowest BCUT2D eigenvalue weighted by molar-refractivity contribution is 0.0693. The Hall–Kier alpha value is -4.76. The second kappa shape index (κ2) is 9.95. The number of imidazole rings is 1. The van der Waals surface area contributed by atoms with Crippen LogP contribution >= 0.6 is 0 Å². The van der Waals surface area contributed by atoms with Crippen LogP contribution in [0, 0.1) is 0 Å². The molecule has 0 amide bonds. The molecule has 1 N–H and O–H groups in total. The van der Waals surface area contributed by atoms with Crippen LogP contribution in [0.4, 0.5) is 5.82 Å². The summed E-state index contributed by atoms with van der Waals surface area (Å²) >= 11 is 0. The van der Waals surface area contributed by atoms with Gasteiger partial charge in [0.15, 0.2) is 11.5 Å². The predicted molar refractivity (Wildman–Crippen MR) is 146 cm³/mol. The molecule has 0 aliphatic carbocycles. The van der Waals surface area contributed by atoms with E-state index < -0.39 is 5.97 Å². The fourth-order valence-electron chi connectivity index (χ4n) is 4.65. The Morgan fingerprint density at radius 3 is 2.66 bits per heavy atom. The number of benzene rings is 2. The van der Waals surface area contributed by atoms with Gasteiger partial charge in [0.2, 0.25) is 0 Å². The first kappa shape index (κ1) is 23.6. The molecule has 6 rings (SSSR count). The van der Waals surface area contributed by atoms with E-state index in [-0.39, 0.29) is 11.3 Å². The second-order valence-corrected chi connectivity index (χ2v) is 8.91. The van der Waals surface area contributed by atoms with Crippen LogP contribution in [-0.4, -0.2) is 63.8 Å². The first-order valence-electron chi connectivity index (χ1n) is 12.3. The van der Waals surface area contributed by atoms with Gasteiger partial charge in [0.25, 0.3) is 0 Å². The van der Waals surface area contributed by atoms with Gasteiger partial charge < -0.3 is 19.5 Å². The molecular formula is C29H25N5O4. The molecule has 1 aliphatic rings. The van der Waals surface area contributed by atoms with Gasteiger partial charge >= 0.3 is 5.97 Å². The normalized spacial score (nSPS) is 14.0. The van der Waals surface area contributed by atoms with E-state index in [9.17, 15) is 9.90 Å². The Morgan fingerprint density at radius 1 is 1.03 bits per heavy atom. The number of methoxy groups -OCH3 is 1. The topological polar surface area (TPSA) is 102 Å². The SMILES string of the molecule is COc1cc(-c2cnc(N3CCOCC3)c3nc(C=Cc4ccc5ccccc5n4)cn23)ccc1C(=O)O. The van der Waals surface area contributed by atoms with Crippen molar-refractivity contribution in [2.24, 2.45) is 0 Å². The minimum absolute atomic E-state index is 0.0996. The molecular weight excluding hydrogens is 482 g/mol. The minimum atomic E-state index is -1.04. The second-order valence-electron chi connectivity index (χ2n) is 8.91. The van der Waals surface area contributed by atoms with Crippen molar-refractivity contribution in [3.05, 3.63) is 83.9 Å². The van der Waals surface area contributed by atoms with Gasteiger partial charge in [0.05, 0.1) is 49.1 Å². The number of para-hydroxylation sites is 1. The van der Waals surface area contributed by atoms with E-state index >= 15 is 0 Å². The van der Waals surface area contributed by atoms with Gasteiger partial charge in [-0.05, 0) is 36.4 Å². The zero-order chi connectivity index (χ0) is 26.1. The van der Waals surface area contributed by atoms with E-state index in [0.717, 1.165) is 52.5 Å². The van der Waals surface area contributed by atoms with Gasteiger partial charge in [-0.3, -0.25) is 4.40 Å². The molecule has 1 fully saturated rings. The Morgan fingerprint density at radius 2 is 1.84 bits per heavy atom. The van der Waals surface area contributed by atoms with E-state index in [1.54, 1.807) is 24.4 Å². The quantitative estimate of drug-likeness (QED) is 0.354. The van der Waals surface area contributed by atoms with Crippen molar-refractivity contribution in [2.75, 3.05) is 38.3 Å². The lowest BCUT2D eigenvalue weighted by atomic mass is 10.1. The zero-order valence-electron chi connectivity index (χ0n) is 20.7. The summed E-state index contributed by atoms with van der Waals surface area (Å²) in [5.74, 6) is 0.00867. The monoisotopic (exact) mass is 507 g/mol. The van der Waals surface area contributed by atoms with Crippen LogP contribution in [0.25, 0.3) is 40.0 Å². The van der Waals surface area contributed by atoms with Gasteiger partial charge in [0.1, 0.15) is 11.3 Å². The van der Waals surface area contributed by atoms with Gasteiger partial charge in [0, 0.05) is 30.2 Å². The summed E-state index contributed by atoms with van der Waals surface area (Å²) in [5, 5.41) is 10.6. The number of carboxylic acids is 1. The molecule has 0 atom stereocenters. The molecule has 1 aliphatic heterocycles. The van der Waals surface area contributed by atoms with Crippen LogP contribution in [-0.2, 0) is 4.74 Å². The van der Waals surface area contributed by atoms with E-state index in [0.29, 0.717) is 18.9 Å². The molecule has 190 valence electrons. The standard InChI is InChI=1S/C29H25N5O4/c1-37-26-16-20(7-11-23(26)29(35)36)25-17-30-27(33-12-14-38-15-13-33)28-32-22(18-34(25)28)10-9-21-8-6-19-4-2-3-5-24(19)31-21/h2-11,16-18H,12-15H2,1H3,(H,35,36). The number of carboxylic acid groups (broad SMARTS) is 1. The maximum absolute atomic E-state index is 11.6. The predicted octanol–water partition coefficient (Wildman–Crippen LogP) is 4.66. The summed E-state index contributed by atoms with van der Waals surface area (Å²) in [5.41, 5.74) is 4.85. The molecule has 0 spiro atoms. The highest BCUT2D eigenvalue weighted by Crippen LogP contribution is 2.31.